The van der Waals surface area contributed by atoms with E-state index in [0.717, 1.165) is 17.1 Å². The van der Waals surface area contributed by atoms with Crippen LogP contribution in [0.25, 0.3) is 55.3 Å². The van der Waals surface area contributed by atoms with Gasteiger partial charge in [-0.05, 0) is 79.7 Å². The van der Waals surface area contributed by atoms with Crippen molar-refractivity contribution in [1.82, 2.24) is 0 Å². The van der Waals surface area contributed by atoms with Crippen molar-refractivity contribution in [2.24, 2.45) is 0 Å². The van der Waals surface area contributed by atoms with Crippen LogP contribution in [0.3, 0.4) is 0 Å². The Morgan fingerprint density at radius 3 is 1.92 bits per heavy atom. The van der Waals surface area contributed by atoms with E-state index in [9.17, 15) is 0 Å². The molecule has 2 aliphatic rings. The van der Waals surface area contributed by atoms with E-state index in [2.05, 4.69) is 129 Å². The Bertz CT molecular complexity index is 1910. The van der Waals surface area contributed by atoms with Crippen LogP contribution in [0.15, 0.2) is 121 Å². The molecular weight excluding hydrogens is 460 g/mol. The summed E-state index contributed by atoms with van der Waals surface area (Å²) in [5, 5.41) is 2.42. The van der Waals surface area contributed by atoms with Gasteiger partial charge in [-0.15, -0.1) is 0 Å². The monoisotopic (exact) mass is 486 g/mol. The summed E-state index contributed by atoms with van der Waals surface area (Å²) in [6.45, 7) is 4.72. The fraction of sp³-hybridized carbons (Fsp3) is 0.0811. The molecule has 1 nitrogen and oxygen atoms in total. The van der Waals surface area contributed by atoms with E-state index >= 15 is 0 Å². The molecule has 1 aliphatic heterocycles. The molecule has 0 N–H and O–H groups in total. The van der Waals surface area contributed by atoms with E-state index in [-0.39, 0.29) is 5.41 Å². The van der Waals surface area contributed by atoms with Crippen LogP contribution in [-0.4, -0.2) is 0 Å². The fourth-order valence-electron chi connectivity index (χ4n) is 6.55. The maximum Gasteiger partial charge on any atom is 0.135 e. The van der Waals surface area contributed by atoms with Crippen molar-refractivity contribution >= 4 is 10.8 Å². The van der Waals surface area contributed by atoms with Gasteiger partial charge in [0.2, 0.25) is 0 Å². The lowest BCUT2D eigenvalue weighted by Gasteiger charge is -2.24. The summed E-state index contributed by atoms with van der Waals surface area (Å²) >= 11 is 0. The van der Waals surface area contributed by atoms with E-state index in [4.69, 9.17) is 4.74 Å². The Labute approximate surface area is 223 Å². The Kier molecular flexibility index (Phi) is 4.35. The zero-order chi connectivity index (χ0) is 25.4. The zero-order valence-corrected chi connectivity index (χ0v) is 21.5. The van der Waals surface area contributed by atoms with Crippen molar-refractivity contribution in [2.75, 3.05) is 0 Å². The van der Waals surface area contributed by atoms with Gasteiger partial charge in [0.15, 0.2) is 0 Å². The van der Waals surface area contributed by atoms with Crippen LogP contribution in [0.2, 0.25) is 0 Å². The van der Waals surface area contributed by atoms with Gasteiger partial charge in [-0.3, -0.25) is 0 Å². The maximum atomic E-state index is 6.34. The molecule has 1 heteroatoms. The maximum absolute atomic E-state index is 6.34. The smallest absolute Gasteiger partial charge is 0.135 e. The number of para-hydroxylation sites is 1. The molecule has 8 rings (SSSR count). The molecule has 0 saturated heterocycles. The van der Waals surface area contributed by atoms with Gasteiger partial charge >= 0.3 is 0 Å². The summed E-state index contributed by atoms with van der Waals surface area (Å²) in [5.41, 5.74) is 12.8. The Balaban J connectivity index is 1.28. The Hall–Kier alpha value is -4.62. The molecule has 0 amide bonds. The molecule has 0 aromatic heterocycles. The molecule has 38 heavy (non-hydrogen) atoms. The predicted molar refractivity (Wildman–Crippen MR) is 158 cm³/mol. The van der Waals surface area contributed by atoms with E-state index in [1.165, 1.54) is 60.8 Å². The van der Waals surface area contributed by atoms with Gasteiger partial charge in [-0.2, -0.15) is 0 Å². The summed E-state index contributed by atoms with van der Waals surface area (Å²) in [5.74, 6) is 1.85. The number of rotatable bonds is 2. The van der Waals surface area contributed by atoms with Crippen molar-refractivity contribution < 1.29 is 4.74 Å². The lowest BCUT2D eigenvalue weighted by Crippen LogP contribution is -2.15. The van der Waals surface area contributed by atoms with E-state index in [1.54, 1.807) is 0 Å². The first kappa shape index (κ1) is 21.5. The highest BCUT2D eigenvalue weighted by Crippen LogP contribution is 2.52. The Morgan fingerprint density at radius 2 is 1.11 bits per heavy atom. The average Bonchev–Trinajstić information content (AvgIpc) is 3.19. The topological polar surface area (TPSA) is 9.23 Å². The minimum absolute atomic E-state index is 0.0835. The highest BCUT2D eigenvalue weighted by atomic mass is 16.5. The molecule has 0 fully saturated rings. The second-order valence-electron chi connectivity index (χ2n) is 10.9. The van der Waals surface area contributed by atoms with Crippen LogP contribution < -0.4 is 4.74 Å². The van der Waals surface area contributed by atoms with Crippen molar-refractivity contribution in [1.29, 1.82) is 0 Å². The van der Waals surface area contributed by atoms with Crippen molar-refractivity contribution in [2.45, 2.75) is 19.3 Å². The molecule has 0 unspecified atom stereocenters. The number of benzene rings is 6. The average molecular weight is 487 g/mol. The van der Waals surface area contributed by atoms with E-state index in [0.29, 0.717) is 0 Å². The molecule has 0 saturated carbocycles. The number of ether oxygens (including phenoxy) is 1. The summed E-state index contributed by atoms with van der Waals surface area (Å²) in [7, 11) is 0. The largest absolute Gasteiger partial charge is 0.456 e. The van der Waals surface area contributed by atoms with E-state index in [1.807, 2.05) is 6.07 Å². The molecule has 180 valence electrons. The molecule has 0 radical (unpaired) electrons. The van der Waals surface area contributed by atoms with Crippen molar-refractivity contribution in [3.8, 4) is 56.0 Å². The zero-order valence-electron chi connectivity index (χ0n) is 21.5. The second-order valence-corrected chi connectivity index (χ2v) is 10.9. The third kappa shape index (κ3) is 2.93. The highest BCUT2D eigenvalue weighted by Gasteiger charge is 2.36. The van der Waals surface area contributed by atoms with Crippen molar-refractivity contribution in [3.05, 3.63) is 132 Å². The third-order valence-electron chi connectivity index (χ3n) is 8.49. The Morgan fingerprint density at radius 1 is 0.447 bits per heavy atom. The van der Waals surface area contributed by atoms with Gasteiger partial charge in [-0.1, -0.05) is 111 Å². The molecule has 0 bridgehead atoms. The SMILES string of the molecule is CC1(C)c2cc(-c3ccccc3)ccc2-c2ccc(-c3ccc4c5c(cccc35)-c3ccccc3O4)cc21. The summed E-state index contributed by atoms with van der Waals surface area (Å²) < 4.78 is 6.34. The molecule has 0 spiro atoms. The van der Waals surface area contributed by atoms with Gasteiger partial charge < -0.3 is 4.74 Å². The first-order valence-electron chi connectivity index (χ1n) is 13.3. The number of hydrogen-bond donors (Lipinski definition) is 0. The highest BCUT2D eigenvalue weighted by molar-refractivity contribution is 6.10. The van der Waals surface area contributed by atoms with Crippen molar-refractivity contribution in [3.63, 3.8) is 0 Å². The van der Waals surface area contributed by atoms with Gasteiger partial charge in [0.1, 0.15) is 11.5 Å². The molecule has 6 aromatic rings. The fourth-order valence-corrected chi connectivity index (χ4v) is 6.55. The minimum atomic E-state index is -0.0835. The quantitative estimate of drug-likeness (QED) is 0.236. The van der Waals surface area contributed by atoms with Gasteiger partial charge in [0, 0.05) is 16.4 Å². The molecular formula is C37H26O. The standard InChI is InChI=1S/C37H26O/c1-37(2)32-21-24(23-9-4-3-5-10-23)15-17-27(32)28-18-16-25(22-33(28)37)26-19-20-35-36-30(26)12-8-13-31(36)29-11-6-7-14-34(29)38-35/h3-22H,1-2H3. The first-order valence-corrected chi connectivity index (χ1v) is 13.3. The predicted octanol–water partition coefficient (Wildman–Crippen LogP) is 10.3. The van der Waals surface area contributed by atoms with Gasteiger partial charge in [-0.25, -0.2) is 0 Å². The molecule has 6 aromatic carbocycles. The normalized spacial score (nSPS) is 13.9. The van der Waals surface area contributed by atoms with Crippen LogP contribution in [0.4, 0.5) is 0 Å². The third-order valence-corrected chi connectivity index (χ3v) is 8.49. The van der Waals surface area contributed by atoms with Crippen LogP contribution in [0.5, 0.6) is 11.5 Å². The van der Waals surface area contributed by atoms with Crippen LogP contribution in [-0.2, 0) is 5.41 Å². The van der Waals surface area contributed by atoms with Crippen LogP contribution >= 0.6 is 0 Å². The molecule has 0 atom stereocenters. The number of fused-ring (bicyclic) bond motifs is 5. The van der Waals surface area contributed by atoms with Gasteiger partial charge in [0.05, 0.1) is 0 Å². The first-order chi connectivity index (χ1) is 18.6. The molecule has 1 aliphatic carbocycles. The van der Waals surface area contributed by atoms with Gasteiger partial charge in [0.25, 0.3) is 0 Å². The minimum Gasteiger partial charge on any atom is -0.456 e. The van der Waals surface area contributed by atoms with Crippen LogP contribution in [0, 0.1) is 0 Å². The summed E-state index contributed by atoms with van der Waals surface area (Å²) in [4.78, 5) is 0. The summed E-state index contributed by atoms with van der Waals surface area (Å²) in [6, 6.07) is 43.9. The second kappa shape index (κ2) is 7.69. The molecule has 1 heterocycles. The number of hydrogen-bond acceptors (Lipinski definition) is 1. The lowest BCUT2D eigenvalue weighted by atomic mass is 9.80. The summed E-state index contributed by atoms with van der Waals surface area (Å²) in [6.07, 6.45) is 0. The lowest BCUT2D eigenvalue weighted by molar-refractivity contribution is 0.487. The van der Waals surface area contributed by atoms with Crippen LogP contribution in [0.1, 0.15) is 25.0 Å². The van der Waals surface area contributed by atoms with E-state index < -0.39 is 0 Å².